The number of carbonyl (C=O) groups is 3. The normalized spacial score (nSPS) is 13.0. The Bertz CT molecular complexity index is 1060. The predicted molar refractivity (Wildman–Crippen MR) is 177 cm³/mol. The van der Waals surface area contributed by atoms with Gasteiger partial charge in [0.25, 0.3) is 0 Å². The minimum absolute atomic E-state index is 0.0121. The second kappa shape index (κ2) is 24.5. The molecule has 0 radical (unpaired) electrons. The number of carboxylic acid groups (broad SMARTS) is 1. The molecular formula is C36H50O5S. The lowest BCUT2D eigenvalue weighted by atomic mass is 9.93. The van der Waals surface area contributed by atoms with Crippen LogP contribution in [-0.4, -0.2) is 34.3 Å². The number of unbranched alkanes of at least 4 members (excludes halogenated alkanes) is 2. The number of rotatable bonds is 23. The number of para-hydroxylation sites is 1. The fourth-order valence-corrected chi connectivity index (χ4v) is 5.01. The summed E-state index contributed by atoms with van der Waals surface area (Å²) >= 11 is 1.60. The van der Waals surface area contributed by atoms with Crippen molar-refractivity contribution in [2.75, 3.05) is 11.5 Å². The largest absolute Gasteiger partial charge is 0.478 e. The van der Waals surface area contributed by atoms with E-state index in [-0.39, 0.29) is 29.4 Å². The first-order chi connectivity index (χ1) is 20.3. The van der Waals surface area contributed by atoms with E-state index >= 15 is 0 Å². The molecule has 1 aromatic carbocycles. The smallest absolute Gasteiger partial charge is 0.339 e. The van der Waals surface area contributed by atoms with Crippen LogP contribution in [0.3, 0.4) is 0 Å². The zero-order valence-corrected chi connectivity index (χ0v) is 26.5. The van der Waals surface area contributed by atoms with Gasteiger partial charge in [-0.2, -0.15) is 11.8 Å². The molecule has 1 aromatic rings. The Labute approximate surface area is 257 Å². The Hall–Kier alpha value is -3.12. The van der Waals surface area contributed by atoms with E-state index in [1.165, 1.54) is 12.1 Å². The maximum atomic E-state index is 12.8. The zero-order valence-electron chi connectivity index (χ0n) is 25.7. The molecule has 230 valence electrons. The molecule has 1 N–H and O–H groups in total. The van der Waals surface area contributed by atoms with Crippen LogP contribution in [0.5, 0.6) is 5.75 Å². The minimum atomic E-state index is -1.16. The number of thioether (sulfide) groups is 1. The maximum absolute atomic E-state index is 12.8. The van der Waals surface area contributed by atoms with Gasteiger partial charge in [0.15, 0.2) is 0 Å². The number of carbonyl (C=O) groups excluding carboxylic acids is 2. The number of hydrogen-bond acceptors (Lipinski definition) is 5. The minimum Gasteiger partial charge on any atom is -0.478 e. The molecule has 0 spiro atoms. The van der Waals surface area contributed by atoms with Gasteiger partial charge in [-0.05, 0) is 81.6 Å². The molecule has 1 rings (SSSR count). The van der Waals surface area contributed by atoms with Crippen molar-refractivity contribution in [2.24, 2.45) is 11.8 Å². The van der Waals surface area contributed by atoms with E-state index in [0.29, 0.717) is 12.2 Å². The summed E-state index contributed by atoms with van der Waals surface area (Å²) in [5, 5.41) is 9.34. The first-order valence-electron chi connectivity index (χ1n) is 15.2. The number of Topliss-reactive ketones (excluding diaryl/α,β-unsaturated/α-hetero) is 1. The number of ketones is 1. The zero-order chi connectivity index (χ0) is 30.8. The summed E-state index contributed by atoms with van der Waals surface area (Å²) in [7, 11) is 0. The van der Waals surface area contributed by atoms with Crippen LogP contribution >= 0.6 is 11.8 Å². The van der Waals surface area contributed by atoms with Crippen LogP contribution < -0.4 is 4.74 Å². The molecule has 0 aromatic heterocycles. The van der Waals surface area contributed by atoms with Crippen LogP contribution in [0.25, 0.3) is 0 Å². The summed E-state index contributed by atoms with van der Waals surface area (Å²) in [5.74, 6) is -0.786. The molecule has 0 saturated heterocycles. The van der Waals surface area contributed by atoms with Crippen LogP contribution in [0.1, 0.15) is 95.3 Å². The second-order valence-corrected chi connectivity index (χ2v) is 11.7. The second-order valence-electron chi connectivity index (χ2n) is 10.5. The average Bonchev–Trinajstić information content (AvgIpc) is 2.95. The quantitative estimate of drug-likeness (QED) is 0.0588. The SMILES string of the molecule is CC/C=C\C/C=C\C/C=C\C/C=C\C/C=C\CCCCSCC(=O)CC(CC(C)C)C(=O)Oc1ccccc1C(=O)O. The Morgan fingerprint density at radius 2 is 1.40 bits per heavy atom. The number of benzene rings is 1. The van der Waals surface area contributed by atoms with Crippen LogP contribution in [0, 0.1) is 11.8 Å². The van der Waals surface area contributed by atoms with Crippen LogP contribution in [-0.2, 0) is 9.59 Å². The standard InChI is InChI=1S/C36H50O5S/c1-4-5-6-7-8-9-10-11-12-13-14-15-16-17-18-19-20-23-26-42-29-32(37)28-31(27-30(2)3)36(40)41-34-25-22-21-24-33(34)35(38)39/h5-6,8-9,11-12,14-15,17-18,21-22,24-25,30-31H,4,7,10,13,16,19-20,23,26-29H2,1-3H3,(H,38,39)/b6-5-,9-8-,12-11-,15-14-,18-17-. The molecule has 0 saturated carbocycles. The van der Waals surface area contributed by atoms with E-state index in [1.54, 1.807) is 23.9 Å². The molecule has 6 heteroatoms. The highest BCUT2D eigenvalue weighted by molar-refractivity contribution is 7.99. The Morgan fingerprint density at radius 3 is 1.98 bits per heavy atom. The van der Waals surface area contributed by atoms with Gasteiger partial charge in [0.2, 0.25) is 0 Å². The molecule has 0 amide bonds. The van der Waals surface area contributed by atoms with E-state index < -0.39 is 17.9 Å². The van der Waals surface area contributed by atoms with Gasteiger partial charge in [0.05, 0.1) is 11.7 Å². The number of aromatic carboxylic acids is 1. The Balaban J connectivity index is 2.21. The van der Waals surface area contributed by atoms with E-state index in [1.807, 2.05) is 13.8 Å². The molecule has 0 aliphatic rings. The lowest BCUT2D eigenvalue weighted by molar-refractivity contribution is -0.141. The average molecular weight is 595 g/mol. The summed E-state index contributed by atoms with van der Waals surface area (Å²) in [6, 6.07) is 6.06. The molecule has 0 bridgehead atoms. The van der Waals surface area contributed by atoms with Gasteiger partial charge >= 0.3 is 11.9 Å². The molecule has 0 aliphatic carbocycles. The van der Waals surface area contributed by atoms with Crippen molar-refractivity contribution in [3.8, 4) is 5.75 Å². The van der Waals surface area contributed by atoms with E-state index in [0.717, 1.165) is 57.1 Å². The van der Waals surface area contributed by atoms with Gasteiger partial charge in [-0.15, -0.1) is 0 Å². The van der Waals surface area contributed by atoms with Crippen molar-refractivity contribution in [1.82, 2.24) is 0 Å². The number of carboxylic acids is 1. The lowest BCUT2D eigenvalue weighted by Crippen LogP contribution is -2.26. The summed E-state index contributed by atoms with van der Waals surface area (Å²) in [5.41, 5.74) is -0.0689. The first-order valence-corrected chi connectivity index (χ1v) is 16.4. The van der Waals surface area contributed by atoms with Gasteiger partial charge in [-0.3, -0.25) is 9.59 Å². The molecule has 0 aliphatic heterocycles. The number of hydrogen-bond donors (Lipinski definition) is 1. The Morgan fingerprint density at radius 1 is 0.833 bits per heavy atom. The topological polar surface area (TPSA) is 80.7 Å². The summed E-state index contributed by atoms with van der Waals surface area (Å²) in [6.07, 6.45) is 30.8. The van der Waals surface area contributed by atoms with Crippen molar-refractivity contribution in [1.29, 1.82) is 0 Å². The molecule has 1 unspecified atom stereocenters. The Kier molecular flexibility index (Phi) is 21.5. The maximum Gasteiger partial charge on any atom is 0.339 e. The predicted octanol–water partition coefficient (Wildman–Crippen LogP) is 9.57. The van der Waals surface area contributed by atoms with Crippen LogP contribution in [0.15, 0.2) is 85.0 Å². The highest BCUT2D eigenvalue weighted by Crippen LogP contribution is 2.24. The summed E-state index contributed by atoms with van der Waals surface area (Å²) < 4.78 is 5.42. The van der Waals surface area contributed by atoms with Crippen molar-refractivity contribution in [2.45, 2.75) is 85.0 Å². The van der Waals surface area contributed by atoms with Crippen LogP contribution in [0.4, 0.5) is 0 Å². The van der Waals surface area contributed by atoms with Gasteiger partial charge in [-0.25, -0.2) is 4.79 Å². The summed E-state index contributed by atoms with van der Waals surface area (Å²) in [4.78, 5) is 36.9. The molecule has 0 fully saturated rings. The van der Waals surface area contributed by atoms with Gasteiger partial charge in [0.1, 0.15) is 17.1 Å². The van der Waals surface area contributed by atoms with E-state index in [2.05, 4.69) is 67.7 Å². The third-order valence-electron chi connectivity index (χ3n) is 6.22. The highest BCUT2D eigenvalue weighted by atomic mass is 32.2. The molecule has 42 heavy (non-hydrogen) atoms. The van der Waals surface area contributed by atoms with E-state index in [9.17, 15) is 19.5 Å². The highest BCUT2D eigenvalue weighted by Gasteiger charge is 2.26. The molecule has 5 nitrogen and oxygen atoms in total. The van der Waals surface area contributed by atoms with Crippen LogP contribution in [0.2, 0.25) is 0 Å². The number of allylic oxidation sites excluding steroid dienone is 10. The summed E-state index contributed by atoms with van der Waals surface area (Å²) in [6.45, 7) is 6.12. The third kappa shape index (κ3) is 19.1. The van der Waals surface area contributed by atoms with Crippen molar-refractivity contribution in [3.05, 3.63) is 90.6 Å². The van der Waals surface area contributed by atoms with Gasteiger partial charge in [0, 0.05) is 6.42 Å². The van der Waals surface area contributed by atoms with Gasteiger partial charge < -0.3 is 9.84 Å². The van der Waals surface area contributed by atoms with Crippen molar-refractivity contribution < 1.29 is 24.2 Å². The monoisotopic (exact) mass is 594 g/mol. The van der Waals surface area contributed by atoms with Crippen molar-refractivity contribution >= 4 is 29.5 Å². The molecule has 0 heterocycles. The number of esters is 1. The first kappa shape index (κ1) is 36.9. The number of ether oxygens (including phenoxy) is 1. The molecule has 1 atom stereocenters. The molecular weight excluding hydrogens is 544 g/mol. The third-order valence-corrected chi connectivity index (χ3v) is 7.33. The van der Waals surface area contributed by atoms with Gasteiger partial charge in [-0.1, -0.05) is 93.7 Å². The lowest BCUT2D eigenvalue weighted by Gasteiger charge is -2.18. The fraction of sp³-hybridized carbons (Fsp3) is 0.472. The van der Waals surface area contributed by atoms with Crippen molar-refractivity contribution in [3.63, 3.8) is 0 Å². The van der Waals surface area contributed by atoms with E-state index in [4.69, 9.17) is 4.74 Å². The fourth-order valence-electron chi connectivity index (χ4n) is 4.11.